The summed E-state index contributed by atoms with van der Waals surface area (Å²) in [5, 5.41) is 3.79. The topological polar surface area (TPSA) is 66.8 Å². The van der Waals surface area contributed by atoms with Crippen molar-refractivity contribution in [1.29, 1.82) is 0 Å². The third-order valence-corrected chi connectivity index (χ3v) is 4.07. The molecule has 17 heavy (non-hydrogen) atoms. The third-order valence-electron chi connectivity index (χ3n) is 1.88. The summed E-state index contributed by atoms with van der Waals surface area (Å²) in [6, 6.07) is 7.50. The van der Waals surface area contributed by atoms with Crippen molar-refractivity contribution < 1.29 is 18.9 Å². The van der Waals surface area contributed by atoms with Crippen LogP contribution < -0.4 is 0 Å². The lowest BCUT2D eigenvalue weighted by Gasteiger charge is -2.05. The van der Waals surface area contributed by atoms with E-state index < -0.39 is 7.82 Å². The van der Waals surface area contributed by atoms with Crippen LogP contribution in [0.1, 0.15) is 9.75 Å². The highest BCUT2D eigenvalue weighted by atomic mass is 32.1. The van der Waals surface area contributed by atoms with Crippen LogP contribution in [0.2, 0.25) is 0 Å². The Bertz CT molecular complexity index is 503. The summed E-state index contributed by atoms with van der Waals surface area (Å²) in [7, 11) is -4.49. The average Bonchev–Trinajstić information content (AvgIpc) is 2.86. The Labute approximate surface area is 106 Å². The quantitative estimate of drug-likeness (QED) is 0.669. The zero-order valence-electron chi connectivity index (χ0n) is 8.52. The molecule has 0 aliphatic carbocycles. The minimum absolute atomic E-state index is 0.679. The van der Waals surface area contributed by atoms with Gasteiger partial charge in [0.05, 0.1) is 0 Å². The fourth-order valence-corrected chi connectivity index (χ4v) is 3.02. The molecule has 0 fully saturated rings. The average molecular weight is 288 g/mol. The zero-order chi connectivity index (χ0) is 12.3. The van der Waals surface area contributed by atoms with Crippen LogP contribution in [-0.4, -0.2) is 9.79 Å². The Hall–Kier alpha value is -0.910. The maximum absolute atomic E-state index is 10.7. The van der Waals surface area contributed by atoms with Crippen molar-refractivity contribution in [3.8, 4) is 0 Å². The van der Waals surface area contributed by atoms with Crippen LogP contribution >= 0.6 is 30.5 Å². The molecule has 2 aromatic rings. The molecule has 0 spiro atoms. The third kappa shape index (κ3) is 3.52. The molecule has 90 valence electrons. The smallest absolute Gasteiger partial charge is 0.411 e. The molecule has 0 bridgehead atoms. The molecule has 2 N–H and O–H groups in total. The molecule has 0 aromatic carbocycles. The predicted molar refractivity (Wildman–Crippen MR) is 68.8 cm³/mol. The molecule has 0 radical (unpaired) electrons. The lowest BCUT2D eigenvalue weighted by atomic mass is 10.2. The van der Waals surface area contributed by atoms with Gasteiger partial charge in [0.15, 0.2) is 0 Å². The van der Waals surface area contributed by atoms with Crippen LogP contribution in [0.25, 0.3) is 5.57 Å². The van der Waals surface area contributed by atoms with Crippen molar-refractivity contribution in [2.24, 2.45) is 0 Å². The Morgan fingerprint density at radius 2 is 1.71 bits per heavy atom. The SMILES string of the molecule is O=P(O)(O)OC=C(c1cccs1)c1cccs1. The van der Waals surface area contributed by atoms with Gasteiger partial charge in [-0.05, 0) is 22.9 Å². The minimum atomic E-state index is -4.49. The Kier molecular flexibility index (Phi) is 3.81. The van der Waals surface area contributed by atoms with Gasteiger partial charge in [0.25, 0.3) is 0 Å². The van der Waals surface area contributed by atoms with E-state index in [1.807, 2.05) is 35.0 Å². The first kappa shape index (κ1) is 12.5. The fraction of sp³-hybridized carbons (Fsp3) is 0. The fourth-order valence-electron chi connectivity index (χ4n) is 1.22. The second-order valence-corrected chi connectivity index (χ2v) is 6.17. The molecule has 0 aliphatic heterocycles. The summed E-state index contributed by atoms with van der Waals surface area (Å²) in [4.78, 5) is 19.2. The highest BCUT2D eigenvalue weighted by molar-refractivity contribution is 7.46. The molecular weight excluding hydrogens is 279 g/mol. The highest BCUT2D eigenvalue weighted by Gasteiger charge is 2.15. The van der Waals surface area contributed by atoms with Crippen LogP contribution in [0, 0.1) is 0 Å². The van der Waals surface area contributed by atoms with Gasteiger partial charge < -0.3 is 4.52 Å². The number of hydrogen-bond donors (Lipinski definition) is 2. The van der Waals surface area contributed by atoms with Crippen molar-refractivity contribution in [3.05, 3.63) is 51.0 Å². The van der Waals surface area contributed by atoms with Gasteiger partial charge in [0.2, 0.25) is 0 Å². The molecule has 4 nitrogen and oxygen atoms in total. The first-order valence-electron chi connectivity index (χ1n) is 4.58. The van der Waals surface area contributed by atoms with Gasteiger partial charge in [0.1, 0.15) is 6.26 Å². The minimum Gasteiger partial charge on any atom is -0.411 e. The van der Waals surface area contributed by atoms with Crippen molar-refractivity contribution in [2.45, 2.75) is 0 Å². The molecule has 0 saturated carbocycles. The van der Waals surface area contributed by atoms with Gasteiger partial charge in [-0.15, -0.1) is 22.7 Å². The van der Waals surface area contributed by atoms with E-state index in [4.69, 9.17) is 9.79 Å². The Morgan fingerprint density at radius 3 is 2.06 bits per heavy atom. The Morgan fingerprint density at radius 1 is 1.18 bits per heavy atom. The molecular formula is C10H9O4PS2. The first-order valence-corrected chi connectivity index (χ1v) is 7.87. The largest absolute Gasteiger partial charge is 0.524 e. The van der Waals surface area contributed by atoms with E-state index in [1.165, 1.54) is 22.7 Å². The first-order chi connectivity index (χ1) is 8.06. The van der Waals surface area contributed by atoms with Crippen molar-refractivity contribution in [2.75, 3.05) is 0 Å². The van der Waals surface area contributed by atoms with Crippen LogP contribution in [0.15, 0.2) is 41.3 Å². The van der Waals surface area contributed by atoms with Crippen LogP contribution in [0.3, 0.4) is 0 Å². The predicted octanol–water partition coefficient (Wildman–Crippen LogP) is 3.31. The number of thiophene rings is 2. The number of rotatable bonds is 4. The number of phosphoric acid groups is 1. The van der Waals surface area contributed by atoms with E-state index in [-0.39, 0.29) is 0 Å². The van der Waals surface area contributed by atoms with Crippen LogP contribution in [0.4, 0.5) is 0 Å². The maximum Gasteiger partial charge on any atom is 0.524 e. The summed E-state index contributed by atoms with van der Waals surface area (Å²) < 4.78 is 15.2. The molecule has 0 saturated heterocycles. The van der Waals surface area contributed by atoms with E-state index in [9.17, 15) is 4.57 Å². The summed E-state index contributed by atoms with van der Waals surface area (Å²) in [5.74, 6) is 0. The summed E-state index contributed by atoms with van der Waals surface area (Å²) in [5.41, 5.74) is 0.679. The molecule has 7 heteroatoms. The number of phosphoric ester groups is 1. The van der Waals surface area contributed by atoms with Crippen molar-refractivity contribution in [3.63, 3.8) is 0 Å². The van der Waals surface area contributed by atoms with Gasteiger partial charge in [-0.1, -0.05) is 12.1 Å². The van der Waals surface area contributed by atoms with Gasteiger partial charge >= 0.3 is 7.82 Å². The second-order valence-electron chi connectivity index (χ2n) is 3.08. The number of hydrogen-bond acceptors (Lipinski definition) is 4. The van der Waals surface area contributed by atoms with E-state index >= 15 is 0 Å². The molecule has 2 rings (SSSR count). The molecule has 0 atom stereocenters. The second kappa shape index (κ2) is 5.16. The van der Waals surface area contributed by atoms with E-state index in [1.54, 1.807) is 0 Å². The lowest BCUT2D eigenvalue weighted by molar-refractivity contribution is 0.259. The lowest BCUT2D eigenvalue weighted by Crippen LogP contribution is -1.84. The molecule has 0 amide bonds. The van der Waals surface area contributed by atoms with Crippen molar-refractivity contribution in [1.82, 2.24) is 0 Å². The normalized spacial score (nSPS) is 11.2. The van der Waals surface area contributed by atoms with Gasteiger partial charge in [-0.25, -0.2) is 4.57 Å². The Balaban J connectivity index is 2.35. The molecule has 2 heterocycles. The molecule has 0 aliphatic rings. The summed E-state index contributed by atoms with van der Waals surface area (Å²) in [6.45, 7) is 0. The maximum atomic E-state index is 10.7. The van der Waals surface area contributed by atoms with E-state index in [2.05, 4.69) is 4.52 Å². The van der Waals surface area contributed by atoms with Gasteiger partial charge in [-0.3, -0.25) is 9.79 Å². The van der Waals surface area contributed by atoms with Gasteiger partial charge in [-0.2, -0.15) is 0 Å². The summed E-state index contributed by atoms with van der Waals surface area (Å²) >= 11 is 2.97. The van der Waals surface area contributed by atoms with Crippen LogP contribution in [0.5, 0.6) is 0 Å². The van der Waals surface area contributed by atoms with E-state index in [0.29, 0.717) is 5.57 Å². The standard InChI is InChI=1S/C10H9O4PS2/c11-15(12,13)14-7-8(9-3-1-5-16-9)10-4-2-6-17-10/h1-7H,(H2,11,12,13). The van der Waals surface area contributed by atoms with E-state index in [0.717, 1.165) is 16.0 Å². The summed E-state index contributed by atoms with van der Waals surface area (Å²) in [6.07, 6.45) is 1.12. The molecule has 2 aromatic heterocycles. The zero-order valence-corrected chi connectivity index (χ0v) is 11.0. The van der Waals surface area contributed by atoms with Gasteiger partial charge in [0, 0.05) is 15.3 Å². The van der Waals surface area contributed by atoms with Crippen molar-refractivity contribution >= 4 is 36.1 Å². The highest BCUT2D eigenvalue weighted by Crippen LogP contribution is 2.39. The molecule has 0 unspecified atom stereocenters. The van der Waals surface area contributed by atoms with Crippen LogP contribution in [-0.2, 0) is 9.09 Å². The monoisotopic (exact) mass is 288 g/mol.